The summed E-state index contributed by atoms with van der Waals surface area (Å²) < 4.78 is 15.0. The smallest absolute Gasteiger partial charge is 0.157 e. The molecule has 3 aromatic rings. The zero-order chi connectivity index (χ0) is 17.1. The minimum absolute atomic E-state index is 0.120. The van der Waals surface area contributed by atoms with Crippen molar-refractivity contribution in [2.24, 2.45) is 0 Å². The number of hydrogen-bond donors (Lipinski definition) is 1. The Labute approximate surface area is 141 Å². The number of nitrogens with zero attached hydrogens (tertiary/aromatic N) is 4. The van der Waals surface area contributed by atoms with E-state index in [4.69, 9.17) is 0 Å². The summed E-state index contributed by atoms with van der Waals surface area (Å²) in [4.78, 5) is 6.67. The Morgan fingerprint density at radius 1 is 1.21 bits per heavy atom. The first-order valence-electron chi connectivity index (χ1n) is 8.08. The lowest BCUT2D eigenvalue weighted by Crippen LogP contribution is -2.27. The standard InChI is InChI=1S/C18H22FN5/c1-4-15-11-18(24-17(22-15)9-10-21-24)20-12-16(23(2)3)13-5-7-14(19)8-6-13/h5-11,16,20H,4,12H2,1-3H3/t16-/m0/s1. The first kappa shape index (κ1) is 16.4. The van der Waals surface area contributed by atoms with E-state index in [2.05, 4.69) is 27.2 Å². The van der Waals surface area contributed by atoms with Crippen molar-refractivity contribution in [3.63, 3.8) is 0 Å². The van der Waals surface area contributed by atoms with Gasteiger partial charge in [0, 0.05) is 24.4 Å². The van der Waals surface area contributed by atoms with E-state index in [1.807, 2.05) is 38.4 Å². The molecule has 1 N–H and O–H groups in total. The van der Waals surface area contributed by atoms with Crippen LogP contribution in [0.5, 0.6) is 0 Å². The topological polar surface area (TPSA) is 45.5 Å². The second-order valence-electron chi connectivity index (χ2n) is 6.00. The van der Waals surface area contributed by atoms with Gasteiger partial charge in [0.2, 0.25) is 0 Å². The molecule has 3 rings (SSSR count). The number of aromatic nitrogens is 3. The Hall–Kier alpha value is -2.47. The Bertz CT molecular complexity index is 810. The normalized spacial score (nSPS) is 12.7. The second-order valence-corrected chi connectivity index (χ2v) is 6.00. The van der Waals surface area contributed by atoms with E-state index in [0.717, 1.165) is 29.1 Å². The van der Waals surface area contributed by atoms with Gasteiger partial charge in [-0.05, 0) is 38.2 Å². The van der Waals surface area contributed by atoms with Crippen LogP contribution < -0.4 is 5.32 Å². The third-order valence-corrected chi connectivity index (χ3v) is 4.13. The number of anilines is 1. The summed E-state index contributed by atoms with van der Waals surface area (Å²) in [5.74, 6) is 0.694. The maximum atomic E-state index is 13.2. The summed E-state index contributed by atoms with van der Waals surface area (Å²) in [6.45, 7) is 2.76. The first-order valence-corrected chi connectivity index (χ1v) is 8.08. The van der Waals surface area contributed by atoms with Gasteiger partial charge >= 0.3 is 0 Å². The molecule has 5 nitrogen and oxygen atoms in total. The quantitative estimate of drug-likeness (QED) is 0.755. The Kier molecular flexibility index (Phi) is 4.76. The third kappa shape index (κ3) is 3.38. The summed E-state index contributed by atoms with van der Waals surface area (Å²) in [6, 6.07) is 10.7. The van der Waals surface area contributed by atoms with Gasteiger partial charge in [0.1, 0.15) is 11.6 Å². The van der Waals surface area contributed by atoms with Gasteiger partial charge in [0.05, 0.1) is 12.2 Å². The number of halogens is 1. The fourth-order valence-electron chi connectivity index (χ4n) is 2.76. The predicted molar refractivity (Wildman–Crippen MR) is 93.7 cm³/mol. The first-order chi connectivity index (χ1) is 11.6. The highest BCUT2D eigenvalue weighted by atomic mass is 19.1. The molecule has 0 amide bonds. The highest BCUT2D eigenvalue weighted by molar-refractivity contribution is 5.49. The average Bonchev–Trinajstić information content (AvgIpc) is 3.04. The minimum Gasteiger partial charge on any atom is -0.368 e. The van der Waals surface area contributed by atoms with Crippen molar-refractivity contribution in [1.82, 2.24) is 19.5 Å². The number of fused-ring (bicyclic) bond motifs is 1. The molecule has 0 aliphatic heterocycles. The summed E-state index contributed by atoms with van der Waals surface area (Å²) in [5, 5.41) is 7.80. The van der Waals surface area contributed by atoms with E-state index in [-0.39, 0.29) is 11.9 Å². The van der Waals surface area contributed by atoms with Crippen LogP contribution in [0, 0.1) is 5.82 Å². The number of aryl methyl sites for hydroxylation is 1. The van der Waals surface area contributed by atoms with Crippen molar-refractivity contribution >= 4 is 11.5 Å². The highest BCUT2D eigenvalue weighted by Gasteiger charge is 2.15. The van der Waals surface area contributed by atoms with Crippen molar-refractivity contribution in [1.29, 1.82) is 0 Å². The molecule has 2 aromatic heterocycles. The summed E-state index contributed by atoms with van der Waals surface area (Å²) in [7, 11) is 4.03. The number of benzene rings is 1. The summed E-state index contributed by atoms with van der Waals surface area (Å²) in [6.07, 6.45) is 2.61. The van der Waals surface area contributed by atoms with Crippen molar-refractivity contribution in [2.45, 2.75) is 19.4 Å². The molecule has 1 atom stereocenters. The second kappa shape index (κ2) is 6.97. The molecule has 0 saturated carbocycles. The highest BCUT2D eigenvalue weighted by Crippen LogP contribution is 2.20. The lowest BCUT2D eigenvalue weighted by Gasteiger charge is -2.25. The maximum absolute atomic E-state index is 13.2. The largest absolute Gasteiger partial charge is 0.368 e. The molecule has 1 aromatic carbocycles. The predicted octanol–water partition coefficient (Wildman–Crippen LogP) is 3.15. The SMILES string of the molecule is CCc1cc(NC[C@@H](c2ccc(F)cc2)N(C)C)n2nccc2n1. The maximum Gasteiger partial charge on any atom is 0.157 e. The number of nitrogens with one attached hydrogen (secondary N) is 1. The van der Waals surface area contributed by atoms with Gasteiger partial charge in [-0.1, -0.05) is 19.1 Å². The Morgan fingerprint density at radius 2 is 1.96 bits per heavy atom. The molecule has 0 aliphatic carbocycles. The van der Waals surface area contributed by atoms with Crippen LogP contribution in [0.4, 0.5) is 10.2 Å². The summed E-state index contributed by atoms with van der Waals surface area (Å²) in [5.41, 5.74) is 2.92. The van der Waals surface area contributed by atoms with Gasteiger partial charge in [-0.25, -0.2) is 9.37 Å². The van der Waals surface area contributed by atoms with E-state index in [9.17, 15) is 4.39 Å². The Morgan fingerprint density at radius 3 is 2.62 bits per heavy atom. The van der Waals surface area contributed by atoms with E-state index in [1.165, 1.54) is 12.1 Å². The van der Waals surface area contributed by atoms with Crippen molar-refractivity contribution in [3.05, 3.63) is 59.7 Å². The van der Waals surface area contributed by atoms with Gasteiger partial charge in [0.15, 0.2) is 5.65 Å². The molecule has 0 saturated heterocycles. The van der Waals surface area contributed by atoms with Crippen LogP contribution in [0.15, 0.2) is 42.6 Å². The molecule has 6 heteroatoms. The van der Waals surface area contributed by atoms with E-state index in [1.54, 1.807) is 10.7 Å². The van der Waals surface area contributed by atoms with E-state index < -0.39 is 0 Å². The van der Waals surface area contributed by atoms with Crippen molar-refractivity contribution < 1.29 is 4.39 Å². The van der Waals surface area contributed by atoms with Gasteiger partial charge in [-0.3, -0.25) is 0 Å². The third-order valence-electron chi connectivity index (χ3n) is 4.13. The van der Waals surface area contributed by atoms with Crippen molar-refractivity contribution in [2.75, 3.05) is 26.0 Å². The zero-order valence-corrected chi connectivity index (χ0v) is 14.2. The van der Waals surface area contributed by atoms with Gasteiger partial charge in [-0.2, -0.15) is 9.61 Å². The number of likely N-dealkylation sites (N-methyl/N-ethyl adjacent to an activating group) is 1. The lowest BCUT2D eigenvalue weighted by molar-refractivity contribution is 0.311. The molecule has 126 valence electrons. The van der Waals surface area contributed by atoms with Crippen LogP contribution in [0.1, 0.15) is 24.2 Å². The number of rotatable bonds is 6. The van der Waals surface area contributed by atoms with Gasteiger partial charge < -0.3 is 10.2 Å². The van der Waals surface area contributed by atoms with Crippen LogP contribution in [0.25, 0.3) is 5.65 Å². The van der Waals surface area contributed by atoms with Crippen molar-refractivity contribution in [3.8, 4) is 0 Å². The van der Waals surface area contributed by atoms with Gasteiger partial charge in [-0.15, -0.1) is 0 Å². The Balaban J connectivity index is 1.84. The van der Waals surface area contributed by atoms with Crippen LogP contribution >= 0.6 is 0 Å². The summed E-state index contributed by atoms with van der Waals surface area (Å²) >= 11 is 0. The van der Waals surface area contributed by atoms with E-state index in [0.29, 0.717) is 6.54 Å². The molecule has 24 heavy (non-hydrogen) atoms. The molecule has 0 radical (unpaired) electrons. The van der Waals surface area contributed by atoms with Crippen LogP contribution in [0.3, 0.4) is 0 Å². The van der Waals surface area contributed by atoms with Crippen LogP contribution in [0.2, 0.25) is 0 Å². The fourth-order valence-corrected chi connectivity index (χ4v) is 2.76. The average molecular weight is 327 g/mol. The molecule has 0 bridgehead atoms. The van der Waals surface area contributed by atoms with Crippen LogP contribution in [-0.4, -0.2) is 40.1 Å². The molecule has 0 fully saturated rings. The molecule has 0 aliphatic rings. The molecular weight excluding hydrogens is 305 g/mol. The van der Waals surface area contributed by atoms with E-state index >= 15 is 0 Å². The lowest BCUT2D eigenvalue weighted by atomic mass is 10.1. The monoisotopic (exact) mass is 327 g/mol. The molecule has 0 unspecified atom stereocenters. The number of hydrogen-bond acceptors (Lipinski definition) is 4. The van der Waals surface area contributed by atoms with Gasteiger partial charge in [0.25, 0.3) is 0 Å². The molecular formula is C18H22FN5. The minimum atomic E-state index is -0.218. The molecule has 0 spiro atoms. The van der Waals surface area contributed by atoms with Crippen LogP contribution in [-0.2, 0) is 6.42 Å². The zero-order valence-electron chi connectivity index (χ0n) is 14.2. The fraction of sp³-hybridized carbons (Fsp3) is 0.333. The molecule has 2 heterocycles.